The van der Waals surface area contributed by atoms with E-state index >= 15 is 0 Å². The number of rotatable bonds is 4. The highest BCUT2D eigenvalue weighted by molar-refractivity contribution is 5.99. The zero-order chi connectivity index (χ0) is 17.1. The second kappa shape index (κ2) is 6.83. The molecule has 6 nitrogen and oxygen atoms in total. The van der Waals surface area contributed by atoms with Crippen LogP contribution in [-0.4, -0.2) is 34.4 Å². The Morgan fingerprint density at radius 3 is 2.80 bits per heavy atom. The van der Waals surface area contributed by atoms with E-state index in [0.29, 0.717) is 5.56 Å². The molecule has 0 saturated carbocycles. The van der Waals surface area contributed by atoms with Gasteiger partial charge in [-0.1, -0.05) is 12.1 Å². The number of nitriles is 1. The van der Waals surface area contributed by atoms with Gasteiger partial charge >= 0.3 is 0 Å². The van der Waals surface area contributed by atoms with Gasteiger partial charge in [-0.3, -0.25) is 4.98 Å². The summed E-state index contributed by atoms with van der Waals surface area (Å²) in [6.07, 6.45) is 5.96. The van der Waals surface area contributed by atoms with E-state index in [1.807, 2.05) is 18.2 Å². The highest BCUT2D eigenvalue weighted by Crippen LogP contribution is 2.29. The Morgan fingerprint density at radius 1 is 1.16 bits per heavy atom. The summed E-state index contributed by atoms with van der Waals surface area (Å²) < 4.78 is 5.65. The van der Waals surface area contributed by atoms with Crippen LogP contribution in [0.25, 0.3) is 22.0 Å². The van der Waals surface area contributed by atoms with E-state index in [4.69, 9.17) is 10.00 Å². The molecule has 0 radical (unpaired) electrons. The number of fused-ring (bicyclic) bond motifs is 1. The van der Waals surface area contributed by atoms with Crippen molar-refractivity contribution in [2.45, 2.75) is 18.9 Å². The van der Waals surface area contributed by atoms with Crippen LogP contribution >= 0.6 is 0 Å². The lowest BCUT2D eigenvalue weighted by Crippen LogP contribution is -2.19. The van der Waals surface area contributed by atoms with Gasteiger partial charge in [0, 0.05) is 41.9 Å². The molecule has 1 saturated heterocycles. The Morgan fingerprint density at radius 2 is 2.04 bits per heavy atom. The van der Waals surface area contributed by atoms with Gasteiger partial charge in [-0.05, 0) is 31.0 Å². The van der Waals surface area contributed by atoms with E-state index in [2.05, 4.69) is 26.6 Å². The van der Waals surface area contributed by atoms with Crippen molar-refractivity contribution in [2.24, 2.45) is 0 Å². The predicted octanol–water partition coefficient (Wildman–Crippen LogP) is 3.15. The Bertz CT molecular complexity index is 927. The molecule has 0 unspecified atom stereocenters. The molecule has 1 fully saturated rings. The number of benzene rings is 1. The molecule has 3 heterocycles. The van der Waals surface area contributed by atoms with E-state index in [1.54, 1.807) is 24.5 Å². The number of aromatic nitrogens is 3. The number of hydrogen-bond donors (Lipinski definition) is 1. The molecule has 2 aromatic heterocycles. The molecule has 1 aliphatic heterocycles. The molecule has 6 heteroatoms. The zero-order valence-corrected chi connectivity index (χ0v) is 13.6. The van der Waals surface area contributed by atoms with Gasteiger partial charge in [0.1, 0.15) is 5.69 Å². The summed E-state index contributed by atoms with van der Waals surface area (Å²) in [5.41, 5.74) is 2.33. The second-order valence-corrected chi connectivity index (χ2v) is 6.02. The minimum Gasteiger partial charge on any atom is -0.376 e. The standard InChI is InChI=1S/C19H17N5O/c20-10-13-3-5-14(6-4-13)18-16-7-8-21-12-17(16)19(24-23-18)22-11-15-2-1-9-25-15/h3-8,12,15H,1-2,9,11H2,(H,22,24)/t15-/m1/s1. The Labute approximate surface area is 145 Å². The number of nitrogens with zero attached hydrogens (tertiary/aromatic N) is 4. The van der Waals surface area contributed by atoms with Gasteiger partial charge in [0.25, 0.3) is 0 Å². The largest absolute Gasteiger partial charge is 0.376 e. The third-order valence-electron chi connectivity index (χ3n) is 4.39. The van der Waals surface area contributed by atoms with Crippen LogP contribution in [0.2, 0.25) is 0 Å². The van der Waals surface area contributed by atoms with Gasteiger partial charge < -0.3 is 10.1 Å². The SMILES string of the molecule is N#Cc1ccc(-c2nnc(NC[C@H]3CCCO3)c3cnccc23)cc1. The molecular formula is C19H17N5O. The molecule has 0 aliphatic carbocycles. The number of nitrogens with one attached hydrogen (secondary N) is 1. The topological polar surface area (TPSA) is 83.7 Å². The molecule has 4 rings (SSSR count). The fraction of sp³-hybridized carbons (Fsp3) is 0.263. The summed E-state index contributed by atoms with van der Waals surface area (Å²) in [4.78, 5) is 4.23. The van der Waals surface area contributed by atoms with E-state index < -0.39 is 0 Å². The van der Waals surface area contributed by atoms with Crippen molar-refractivity contribution in [2.75, 3.05) is 18.5 Å². The van der Waals surface area contributed by atoms with Crippen LogP contribution in [0.3, 0.4) is 0 Å². The fourth-order valence-electron chi connectivity index (χ4n) is 3.06. The van der Waals surface area contributed by atoms with Crippen LogP contribution in [-0.2, 0) is 4.74 Å². The first-order chi connectivity index (χ1) is 12.3. The number of anilines is 1. The van der Waals surface area contributed by atoms with E-state index in [0.717, 1.165) is 53.8 Å². The highest BCUT2D eigenvalue weighted by atomic mass is 16.5. The maximum absolute atomic E-state index is 8.95. The normalized spacial score (nSPS) is 16.7. The molecule has 0 spiro atoms. The molecule has 0 amide bonds. The van der Waals surface area contributed by atoms with Gasteiger partial charge in [0.2, 0.25) is 0 Å². The van der Waals surface area contributed by atoms with Crippen molar-refractivity contribution >= 4 is 16.6 Å². The monoisotopic (exact) mass is 331 g/mol. The molecular weight excluding hydrogens is 314 g/mol. The Balaban J connectivity index is 1.69. The van der Waals surface area contributed by atoms with E-state index in [9.17, 15) is 0 Å². The van der Waals surface area contributed by atoms with E-state index in [1.165, 1.54) is 0 Å². The Hall–Kier alpha value is -3.04. The number of ether oxygens (including phenoxy) is 1. The summed E-state index contributed by atoms with van der Waals surface area (Å²) in [7, 11) is 0. The van der Waals surface area contributed by atoms with Crippen molar-refractivity contribution in [3.63, 3.8) is 0 Å². The maximum atomic E-state index is 8.95. The van der Waals surface area contributed by atoms with Gasteiger partial charge in [0.05, 0.1) is 17.7 Å². The van der Waals surface area contributed by atoms with Crippen molar-refractivity contribution in [1.82, 2.24) is 15.2 Å². The van der Waals surface area contributed by atoms with Crippen molar-refractivity contribution in [1.29, 1.82) is 5.26 Å². The third kappa shape index (κ3) is 3.14. The van der Waals surface area contributed by atoms with Gasteiger partial charge in [-0.15, -0.1) is 10.2 Å². The summed E-state index contributed by atoms with van der Waals surface area (Å²) >= 11 is 0. The number of hydrogen-bond acceptors (Lipinski definition) is 6. The lowest BCUT2D eigenvalue weighted by atomic mass is 10.0. The molecule has 3 aromatic rings. The molecule has 0 bridgehead atoms. The van der Waals surface area contributed by atoms with E-state index in [-0.39, 0.29) is 6.10 Å². The zero-order valence-electron chi connectivity index (χ0n) is 13.6. The van der Waals surface area contributed by atoms with Gasteiger partial charge in [-0.2, -0.15) is 5.26 Å². The maximum Gasteiger partial charge on any atom is 0.158 e. The molecule has 1 aliphatic rings. The van der Waals surface area contributed by atoms with Crippen molar-refractivity contribution in [3.8, 4) is 17.3 Å². The first-order valence-corrected chi connectivity index (χ1v) is 8.31. The van der Waals surface area contributed by atoms with Crippen molar-refractivity contribution < 1.29 is 4.74 Å². The Kier molecular flexibility index (Phi) is 4.23. The third-order valence-corrected chi connectivity index (χ3v) is 4.39. The van der Waals surface area contributed by atoms with Crippen LogP contribution in [0.4, 0.5) is 5.82 Å². The predicted molar refractivity (Wildman–Crippen MR) is 94.9 cm³/mol. The molecule has 1 N–H and O–H groups in total. The first-order valence-electron chi connectivity index (χ1n) is 8.31. The second-order valence-electron chi connectivity index (χ2n) is 6.02. The summed E-state index contributed by atoms with van der Waals surface area (Å²) in [5, 5.41) is 23.0. The summed E-state index contributed by atoms with van der Waals surface area (Å²) in [6.45, 7) is 1.55. The summed E-state index contributed by atoms with van der Waals surface area (Å²) in [5.74, 6) is 0.719. The number of pyridine rings is 1. The highest BCUT2D eigenvalue weighted by Gasteiger charge is 2.17. The summed E-state index contributed by atoms with van der Waals surface area (Å²) in [6, 6.07) is 11.4. The van der Waals surface area contributed by atoms with Crippen LogP contribution in [0.15, 0.2) is 42.7 Å². The first kappa shape index (κ1) is 15.5. The molecule has 124 valence electrons. The molecule has 1 atom stereocenters. The minimum atomic E-state index is 0.228. The molecule has 1 aromatic carbocycles. The van der Waals surface area contributed by atoms with Gasteiger partial charge in [-0.25, -0.2) is 0 Å². The average Bonchev–Trinajstić information content (AvgIpc) is 3.20. The quantitative estimate of drug-likeness (QED) is 0.790. The smallest absolute Gasteiger partial charge is 0.158 e. The lowest BCUT2D eigenvalue weighted by Gasteiger charge is -2.13. The van der Waals surface area contributed by atoms with Gasteiger partial charge in [0.15, 0.2) is 5.82 Å². The fourth-order valence-corrected chi connectivity index (χ4v) is 3.06. The minimum absolute atomic E-state index is 0.228. The lowest BCUT2D eigenvalue weighted by molar-refractivity contribution is 0.120. The van der Waals surface area contributed by atoms with Crippen molar-refractivity contribution in [3.05, 3.63) is 48.3 Å². The van der Waals surface area contributed by atoms with Crippen LogP contribution in [0, 0.1) is 11.3 Å². The average molecular weight is 331 g/mol. The van der Waals surface area contributed by atoms with Crippen LogP contribution < -0.4 is 5.32 Å². The molecule has 25 heavy (non-hydrogen) atoms. The van der Waals surface area contributed by atoms with Crippen LogP contribution in [0.1, 0.15) is 18.4 Å². The van der Waals surface area contributed by atoms with Crippen LogP contribution in [0.5, 0.6) is 0 Å².